The largest absolute Gasteiger partial charge is 0.493 e. The second-order valence-corrected chi connectivity index (χ2v) is 12.2. The average molecular weight is 736 g/mol. The van der Waals surface area contributed by atoms with Crippen LogP contribution in [0.25, 0.3) is 6.08 Å². The SMILES string of the molecule is CCOC(=O)C1=C(C)N=c2s/c(=C/c3cc(I)c(OCc4ccccc4C#N)c(OC)c3)c(=O)n2[C@H]1c1ccc2c(c1)OCO2. The molecule has 12 heteroatoms. The van der Waals surface area contributed by atoms with Crippen molar-refractivity contribution in [3.63, 3.8) is 0 Å². The number of benzene rings is 3. The molecule has 0 unspecified atom stereocenters. The molecule has 1 atom stereocenters. The van der Waals surface area contributed by atoms with Gasteiger partial charge < -0.3 is 23.7 Å². The van der Waals surface area contributed by atoms with Crippen molar-refractivity contribution in [3.05, 3.63) is 111 Å². The smallest absolute Gasteiger partial charge is 0.338 e. The molecule has 1 aromatic heterocycles. The Hall–Kier alpha value is -4.61. The monoisotopic (exact) mass is 735 g/mol. The van der Waals surface area contributed by atoms with Crippen molar-refractivity contribution in [1.29, 1.82) is 5.26 Å². The second kappa shape index (κ2) is 12.8. The topological polar surface area (TPSA) is 121 Å². The van der Waals surface area contributed by atoms with Crippen LogP contribution in [-0.4, -0.2) is 31.0 Å². The number of rotatable bonds is 8. The van der Waals surface area contributed by atoms with Gasteiger partial charge in [-0.15, -0.1) is 0 Å². The first-order chi connectivity index (χ1) is 21.8. The Balaban J connectivity index is 1.42. The minimum atomic E-state index is -0.779. The molecular formula is C33H26IN3O7S. The molecular weight excluding hydrogens is 709 g/mol. The van der Waals surface area contributed by atoms with E-state index in [-0.39, 0.29) is 31.1 Å². The third-order valence-electron chi connectivity index (χ3n) is 7.29. The summed E-state index contributed by atoms with van der Waals surface area (Å²) in [5.41, 5.74) is 3.13. The van der Waals surface area contributed by atoms with Crippen LogP contribution in [0.1, 0.15) is 42.1 Å². The van der Waals surface area contributed by atoms with E-state index in [9.17, 15) is 14.9 Å². The summed E-state index contributed by atoms with van der Waals surface area (Å²) in [5, 5.41) is 9.42. The molecule has 6 rings (SSSR count). The number of fused-ring (bicyclic) bond motifs is 2. The molecule has 0 radical (unpaired) electrons. The Morgan fingerprint density at radius 2 is 2.00 bits per heavy atom. The third kappa shape index (κ3) is 5.81. The third-order valence-corrected chi connectivity index (χ3v) is 9.07. The van der Waals surface area contributed by atoms with Crippen LogP contribution in [0.5, 0.6) is 23.0 Å². The molecule has 228 valence electrons. The molecule has 3 aromatic carbocycles. The maximum atomic E-state index is 14.1. The van der Waals surface area contributed by atoms with Crippen LogP contribution >= 0.6 is 33.9 Å². The Morgan fingerprint density at radius 1 is 1.20 bits per heavy atom. The number of esters is 1. The van der Waals surface area contributed by atoms with Crippen LogP contribution in [0.3, 0.4) is 0 Å². The number of methoxy groups -OCH3 is 1. The van der Waals surface area contributed by atoms with E-state index in [1.54, 1.807) is 51.3 Å². The number of nitrogens with zero attached hydrogens (tertiary/aromatic N) is 3. The van der Waals surface area contributed by atoms with Crippen molar-refractivity contribution in [2.75, 3.05) is 20.5 Å². The van der Waals surface area contributed by atoms with Crippen LogP contribution in [0.2, 0.25) is 0 Å². The van der Waals surface area contributed by atoms with Gasteiger partial charge in [0.05, 0.1) is 50.8 Å². The predicted octanol–water partition coefficient (Wildman–Crippen LogP) is 4.59. The van der Waals surface area contributed by atoms with E-state index >= 15 is 0 Å². The van der Waals surface area contributed by atoms with Crippen LogP contribution in [0.4, 0.5) is 0 Å². The molecule has 0 bridgehead atoms. The lowest BCUT2D eigenvalue weighted by Crippen LogP contribution is -2.39. The van der Waals surface area contributed by atoms with Gasteiger partial charge in [0, 0.05) is 5.56 Å². The van der Waals surface area contributed by atoms with Crippen molar-refractivity contribution < 1.29 is 28.5 Å². The molecule has 3 heterocycles. The first kappa shape index (κ1) is 30.4. The van der Waals surface area contributed by atoms with Gasteiger partial charge in [0.25, 0.3) is 5.56 Å². The zero-order valence-corrected chi connectivity index (χ0v) is 27.4. The van der Waals surface area contributed by atoms with E-state index in [4.69, 9.17) is 23.7 Å². The number of halogens is 1. The van der Waals surface area contributed by atoms with Crippen LogP contribution in [0.15, 0.2) is 75.7 Å². The van der Waals surface area contributed by atoms with Crippen LogP contribution in [0, 0.1) is 14.9 Å². The molecule has 10 nitrogen and oxygen atoms in total. The van der Waals surface area contributed by atoms with Gasteiger partial charge in [-0.25, -0.2) is 9.79 Å². The number of thiazole rings is 1. The van der Waals surface area contributed by atoms with Crippen LogP contribution < -0.4 is 33.8 Å². The summed E-state index contributed by atoms with van der Waals surface area (Å²) in [6, 6.07) is 17.7. The fourth-order valence-electron chi connectivity index (χ4n) is 5.21. The van der Waals surface area contributed by atoms with Crippen molar-refractivity contribution in [1.82, 2.24) is 4.57 Å². The second-order valence-electron chi connectivity index (χ2n) is 10.0. The molecule has 0 amide bonds. The molecule has 0 N–H and O–H groups in total. The molecule has 0 saturated carbocycles. The molecule has 45 heavy (non-hydrogen) atoms. The molecule has 4 aromatic rings. The summed E-state index contributed by atoms with van der Waals surface area (Å²) in [5.74, 6) is 1.60. The van der Waals surface area contributed by atoms with Crippen molar-refractivity contribution in [3.8, 4) is 29.1 Å². The summed E-state index contributed by atoms with van der Waals surface area (Å²) in [4.78, 5) is 32.4. The van der Waals surface area contributed by atoms with E-state index in [0.29, 0.717) is 54.7 Å². The summed E-state index contributed by atoms with van der Waals surface area (Å²) >= 11 is 3.39. The summed E-state index contributed by atoms with van der Waals surface area (Å²) in [6.07, 6.45) is 1.77. The van der Waals surface area contributed by atoms with Crippen LogP contribution in [-0.2, 0) is 16.1 Å². The minimum Gasteiger partial charge on any atom is -0.493 e. The van der Waals surface area contributed by atoms with Crippen molar-refractivity contribution >= 4 is 46.0 Å². The summed E-state index contributed by atoms with van der Waals surface area (Å²) in [7, 11) is 1.55. The lowest BCUT2D eigenvalue weighted by Gasteiger charge is -2.24. The number of nitriles is 1. The maximum absolute atomic E-state index is 14.1. The highest BCUT2D eigenvalue weighted by atomic mass is 127. The molecule has 0 aliphatic carbocycles. The van der Waals surface area contributed by atoms with Gasteiger partial charge in [-0.3, -0.25) is 9.36 Å². The standard InChI is InChI=1S/C33H26IN3O7S/c1-4-41-32(39)28-18(2)36-33-37(29(28)20-9-10-24-25(14-20)44-17-43-24)31(38)27(45-33)13-19-11-23(34)30(26(12-19)40-3)42-16-22-8-6-5-7-21(22)15-35/h5-14,29H,4,16-17H2,1-3H3/b27-13+/t29-/m0/s1. The fourth-order valence-corrected chi connectivity index (χ4v) is 7.04. The number of hydrogen-bond donors (Lipinski definition) is 0. The van der Waals surface area contributed by atoms with E-state index in [2.05, 4.69) is 33.7 Å². The summed E-state index contributed by atoms with van der Waals surface area (Å²) in [6.45, 7) is 3.94. The van der Waals surface area contributed by atoms with Gasteiger partial charge in [-0.1, -0.05) is 35.6 Å². The number of ether oxygens (including phenoxy) is 5. The van der Waals surface area contributed by atoms with Gasteiger partial charge in [-0.05, 0) is 84.0 Å². The molecule has 0 spiro atoms. The molecule has 0 fully saturated rings. The number of hydrogen-bond acceptors (Lipinski definition) is 10. The zero-order chi connectivity index (χ0) is 31.7. The Kier molecular flexibility index (Phi) is 8.64. The normalized spacial score (nSPS) is 15.3. The first-order valence-electron chi connectivity index (χ1n) is 13.9. The predicted molar refractivity (Wildman–Crippen MR) is 174 cm³/mol. The van der Waals surface area contributed by atoms with E-state index < -0.39 is 12.0 Å². The Labute approximate surface area is 275 Å². The maximum Gasteiger partial charge on any atom is 0.338 e. The average Bonchev–Trinajstić information content (AvgIpc) is 3.63. The van der Waals surface area contributed by atoms with Gasteiger partial charge in [0.15, 0.2) is 27.8 Å². The van der Waals surface area contributed by atoms with Gasteiger partial charge >= 0.3 is 5.97 Å². The van der Waals surface area contributed by atoms with Gasteiger partial charge in [0.2, 0.25) is 6.79 Å². The number of aromatic nitrogens is 1. The quantitative estimate of drug-likeness (QED) is 0.191. The number of carbonyl (C=O) groups is 1. The Bertz CT molecular complexity index is 2090. The lowest BCUT2D eigenvalue weighted by molar-refractivity contribution is -0.139. The van der Waals surface area contributed by atoms with Gasteiger partial charge in [-0.2, -0.15) is 5.26 Å². The highest BCUT2D eigenvalue weighted by Crippen LogP contribution is 2.38. The fraction of sp³-hybridized carbons (Fsp3) is 0.212. The number of allylic oxidation sites excluding steroid dienone is 1. The lowest BCUT2D eigenvalue weighted by atomic mass is 9.95. The van der Waals surface area contributed by atoms with E-state index in [1.807, 2.05) is 30.3 Å². The van der Waals surface area contributed by atoms with E-state index in [0.717, 1.165) is 9.13 Å². The highest BCUT2D eigenvalue weighted by Gasteiger charge is 2.34. The minimum absolute atomic E-state index is 0.0976. The van der Waals surface area contributed by atoms with Gasteiger partial charge in [0.1, 0.15) is 6.61 Å². The highest BCUT2D eigenvalue weighted by molar-refractivity contribution is 14.1. The van der Waals surface area contributed by atoms with Crippen molar-refractivity contribution in [2.24, 2.45) is 4.99 Å². The van der Waals surface area contributed by atoms with E-state index in [1.165, 1.54) is 15.9 Å². The molecule has 2 aliphatic rings. The molecule has 2 aliphatic heterocycles. The first-order valence-corrected chi connectivity index (χ1v) is 15.8. The zero-order valence-electron chi connectivity index (χ0n) is 24.5. The summed E-state index contributed by atoms with van der Waals surface area (Å²) < 4.78 is 30.9. The van der Waals surface area contributed by atoms with Crippen molar-refractivity contribution in [2.45, 2.75) is 26.5 Å². The Morgan fingerprint density at radius 3 is 2.78 bits per heavy atom. The molecule has 0 saturated heterocycles. The number of carbonyl (C=O) groups excluding carboxylic acids is 1.